The molecule has 15 heavy (non-hydrogen) atoms. The highest BCUT2D eigenvalue weighted by Crippen LogP contribution is 2.17. The summed E-state index contributed by atoms with van der Waals surface area (Å²) < 4.78 is 0. The second-order valence-electron chi connectivity index (χ2n) is 3.60. The Labute approximate surface area is 94.4 Å². The number of nitrogens with one attached hydrogen (secondary N) is 1. The Balaban J connectivity index is 1.90. The van der Waals surface area contributed by atoms with Crippen molar-refractivity contribution in [3.05, 3.63) is 24.0 Å². The maximum Gasteiger partial charge on any atom is 0.107 e. The van der Waals surface area contributed by atoms with Gasteiger partial charge < -0.3 is 5.32 Å². The number of hydrogen-bond acceptors (Lipinski definition) is 4. The quantitative estimate of drug-likeness (QED) is 0.792. The van der Waals surface area contributed by atoms with E-state index in [0.29, 0.717) is 0 Å². The first-order valence-corrected chi connectivity index (χ1v) is 6.15. The van der Waals surface area contributed by atoms with Gasteiger partial charge in [-0.2, -0.15) is 0 Å². The maximum atomic E-state index is 4.43. The molecule has 0 radical (unpaired) electrons. The van der Waals surface area contributed by atoms with Crippen LogP contribution in [0.15, 0.2) is 28.3 Å². The van der Waals surface area contributed by atoms with Crippen LogP contribution in [0.5, 0.6) is 0 Å². The van der Waals surface area contributed by atoms with E-state index in [0.717, 1.165) is 31.1 Å². The van der Waals surface area contributed by atoms with Crippen molar-refractivity contribution >= 4 is 17.6 Å². The van der Waals surface area contributed by atoms with E-state index in [1.165, 1.54) is 10.5 Å². The van der Waals surface area contributed by atoms with Crippen LogP contribution < -0.4 is 5.32 Å². The third-order valence-electron chi connectivity index (χ3n) is 2.19. The summed E-state index contributed by atoms with van der Waals surface area (Å²) in [4.78, 5) is 9.81. The number of nitrogens with zero attached hydrogens (tertiary/aromatic N) is 2. The number of aromatic nitrogens is 1. The van der Waals surface area contributed by atoms with Crippen molar-refractivity contribution in [1.82, 2.24) is 10.3 Å². The van der Waals surface area contributed by atoms with Crippen LogP contribution in [0.2, 0.25) is 0 Å². The molecule has 0 unspecified atom stereocenters. The molecule has 0 bridgehead atoms. The Morgan fingerprint density at radius 2 is 2.40 bits per heavy atom. The Bertz CT molecular complexity index is 363. The molecule has 1 aliphatic heterocycles. The molecule has 1 aromatic heterocycles. The number of thioether (sulfide) groups is 1. The highest BCUT2D eigenvalue weighted by molar-refractivity contribution is 8.00. The lowest BCUT2D eigenvalue weighted by molar-refractivity contribution is 0.740. The maximum absolute atomic E-state index is 4.43. The molecule has 2 rings (SSSR count). The number of rotatable bonds is 3. The van der Waals surface area contributed by atoms with E-state index in [2.05, 4.69) is 28.3 Å². The first-order valence-electron chi connectivity index (χ1n) is 5.16. The van der Waals surface area contributed by atoms with Crippen LogP contribution in [-0.2, 0) is 0 Å². The van der Waals surface area contributed by atoms with Gasteiger partial charge in [0, 0.05) is 30.4 Å². The largest absolute Gasteiger partial charge is 0.373 e. The SMILES string of the molecule is Cc1cncc(SCC2=NCCCN2)c1. The fourth-order valence-electron chi connectivity index (χ4n) is 1.44. The molecule has 0 spiro atoms. The monoisotopic (exact) mass is 221 g/mol. The van der Waals surface area contributed by atoms with Crippen LogP contribution in [0, 0.1) is 6.92 Å². The van der Waals surface area contributed by atoms with Gasteiger partial charge in [-0.1, -0.05) is 0 Å². The third kappa shape index (κ3) is 3.23. The molecule has 1 N–H and O–H groups in total. The van der Waals surface area contributed by atoms with Crippen molar-refractivity contribution in [1.29, 1.82) is 0 Å². The van der Waals surface area contributed by atoms with E-state index in [1.54, 1.807) is 11.8 Å². The number of hydrogen-bond donors (Lipinski definition) is 1. The Kier molecular flexibility index (Phi) is 3.61. The minimum Gasteiger partial charge on any atom is -0.373 e. The van der Waals surface area contributed by atoms with Crippen LogP contribution in [0.1, 0.15) is 12.0 Å². The van der Waals surface area contributed by atoms with Gasteiger partial charge in [-0.15, -0.1) is 11.8 Å². The van der Waals surface area contributed by atoms with Gasteiger partial charge in [0.05, 0.1) is 5.75 Å². The standard InChI is InChI=1S/C11H15N3S/c1-9-5-10(7-12-6-9)15-8-11-13-3-2-4-14-11/h5-7H,2-4,8H2,1H3,(H,13,14). The minimum absolute atomic E-state index is 0.922. The van der Waals surface area contributed by atoms with Crippen LogP contribution >= 0.6 is 11.8 Å². The molecule has 1 aromatic rings. The molecule has 0 saturated heterocycles. The van der Waals surface area contributed by atoms with Crippen molar-refractivity contribution in [3.8, 4) is 0 Å². The molecular weight excluding hydrogens is 206 g/mol. The summed E-state index contributed by atoms with van der Waals surface area (Å²) in [6.45, 7) is 4.09. The van der Waals surface area contributed by atoms with Crippen LogP contribution in [0.4, 0.5) is 0 Å². The average molecular weight is 221 g/mol. The van der Waals surface area contributed by atoms with E-state index in [9.17, 15) is 0 Å². The normalized spacial score (nSPS) is 15.7. The molecule has 0 fully saturated rings. The zero-order valence-electron chi connectivity index (χ0n) is 8.86. The number of aryl methyl sites for hydroxylation is 1. The van der Waals surface area contributed by atoms with E-state index in [-0.39, 0.29) is 0 Å². The molecule has 1 aliphatic rings. The van der Waals surface area contributed by atoms with Gasteiger partial charge in [0.25, 0.3) is 0 Å². The second-order valence-corrected chi connectivity index (χ2v) is 4.64. The number of aliphatic imine (C=N–C) groups is 1. The first kappa shape index (κ1) is 10.5. The number of pyridine rings is 1. The van der Waals surface area contributed by atoms with Crippen LogP contribution in [0.25, 0.3) is 0 Å². The van der Waals surface area contributed by atoms with E-state index in [1.807, 2.05) is 12.4 Å². The molecule has 0 saturated carbocycles. The average Bonchev–Trinajstić information content (AvgIpc) is 2.28. The van der Waals surface area contributed by atoms with Gasteiger partial charge in [0.15, 0.2) is 0 Å². The van der Waals surface area contributed by atoms with Crippen LogP contribution in [0.3, 0.4) is 0 Å². The topological polar surface area (TPSA) is 37.3 Å². The lowest BCUT2D eigenvalue weighted by Crippen LogP contribution is -2.31. The predicted molar refractivity (Wildman–Crippen MR) is 64.6 cm³/mol. The van der Waals surface area contributed by atoms with E-state index < -0.39 is 0 Å². The summed E-state index contributed by atoms with van der Waals surface area (Å²) in [6.07, 6.45) is 4.93. The highest BCUT2D eigenvalue weighted by atomic mass is 32.2. The molecular formula is C11H15N3S. The fraction of sp³-hybridized carbons (Fsp3) is 0.455. The van der Waals surface area contributed by atoms with Crippen LogP contribution in [-0.4, -0.2) is 29.7 Å². The fourth-order valence-corrected chi connectivity index (χ4v) is 2.34. The zero-order chi connectivity index (χ0) is 10.5. The molecule has 3 nitrogen and oxygen atoms in total. The summed E-state index contributed by atoms with van der Waals surface area (Å²) in [5, 5.41) is 3.31. The number of amidine groups is 1. The smallest absolute Gasteiger partial charge is 0.107 e. The molecule has 0 atom stereocenters. The predicted octanol–water partition coefficient (Wildman–Crippen LogP) is 1.87. The molecule has 2 heterocycles. The third-order valence-corrected chi connectivity index (χ3v) is 3.17. The molecule has 0 aliphatic carbocycles. The first-order chi connectivity index (χ1) is 7.34. The van der Waals surface area contributed by atoms with Gasteiger partial charge in [-0.25, -0.2) is 0 Å². The minimum atomic E-state index is 0.922. The Morgan fingerprint density at radius 3 is 3.13 bits per heavy atom. The van der Waals surface area contributed by atoms with Crippen molar-refractivity contribution in [2.45, 2.75) is 18.2 Å². The van der Waals surface area contributed by atoms with E-state index in [4.69, 9.17) is 0 Å². The van der Waals surface area contributed by atoms with Crippen molar-refractivity contribution in [3.63, 3.8) is 0 Å². The summed E-state index contributed by atoms with van der Waals surface area (Å²) in [5.74, 6) is 2.04. The highest BCUT2D eigenvalue weighted by Gasteiger charge is 2.04. The molecule has 0 amide bonds. The van der Waals surface area contributed by atoms with Gasteiger partial charge >= 0.3 is 0 Å². The summed E-state index contributed by atoms with van der Waals surface area (Å²) >= 11 is 1.79. The van der Waals surface area contributed by atoms with Gasteiger partial charge in [-0.05, 0) is 25.0 Å². The molecule has 0 aromatic carbocycles. The van der Waals surface area contributed by atoms with Gasteiger partial charge in [-0.3, -0.25) is 9.98 Å². The van der Waals surface area contributed by atoms with Gasteiger partial charge in [0.2, 0.25) is 0 Å². The summed E-state index contributed by atoms with van der Waals surface area (Å²) in [7, 11) is 0. The molecule has 4 heteroatoms. The lowest BCUT2D eigenvalue weighted by atomic mass is 10.3. The summed E-state index contributed by atoms with van der Waals surface area (Å²) in [5.41, 5.74) is 1.21. The van der Waals surface area contributed by atoms with E-state index >= 15 is 0 Å². The second kappa shape index (κ2) is 5.16. The van der Waals surface area contributed by atoms with Gasteiger partial charge in [0.1, 0.15) is 5.84 Å². The zero-order valence-corrected chi connectivity index (χ0v) is 9.68. The summed E-state index contributed by atoms with van der Waals surface area (Å²) in [6, 6.07) is 2.15. The van der Waals surface area contributed by atoms with Crippen molar-refractivity contribution in [2.75, 3.05) is 18.8 Å². The Hall–Kier alpha value is -1.03. The van der Waals surface area contributed by atoms with Crippen molar-refractivity contribution in [2.24, 2.45) is 4.99 Å². The molecule has 80 valence electrons. The van der Waals surface area contributed by atoms with Crippen molar-refractivity contribution < 1.29 is 0 Å². The lowest BCUT2D eigenvalue weighted by Gasteiger charge is -2.13. The Morgan fingerprint density at radius 1 is 1.47 bits per heavy atom.